The maximum Gasteiger partial charge on any atom is 0.305 e. The van der Waals surface area contributed by atoms with E-state index in [9.17, 15) is 9.59 Å². The van der Waals surface area contributed by atoms with E-state index in [0.29, 0.717) is 5.92 Å². The van der Waals surface area contributed by atoms with Gasteiger partial charge in [0.15, 0.2) is 0 Å². The third-order valence-corrected chi connectivity index (χ3v) is 4.69. The SMILES string of the molecule is CC1CCc2c(C(=O)N(C)CCC(=O)O)csc2C1. The maximum atomic E-state index is 12.3. The zero-order valence-corrected chi connectivity index (χ0v) is 12.1. The molecule has 1 aromatic rings. The number of carbonyl (C=O) groups is 2. The Kier molecular flexibility index (Phi) is 4.24. The Morgan fingerprint density at radius 1 is 1.53 bits per heavy atom. The summed E-state index contributed by atoms with van der Waals surface area (Å²) in [5.74, 6) is -0.229. The summed E-state index contributed by atoms with van der Waals surface area (Å²) in [7, 11) is 1.67. The molecule has 0 radical (unpaired) electrons. The summed E-state index contributed by atoms with van der Waals surface area (Å²) in [6, 6.07) is 0. The number of carbonyl (C=O) groups excluding carboxylic acids is 1. The Bertz CT molecular complexity index is 495. The molecule has 19 heavy (non-hydrogen) atoms. The predicted molar refractivity (Wildman–Crippen MR) is 74.7 cm³/mol. The van der Waals surface area contributed by atoms with Crippen LogP contribution in [-0.4, -0.2) is 35.5 Å². The molecule has 0 aromatic carbocycles. The van der Waals surface area contributed by atoms with Crippen molar-refractivity contribution in [3.63, 3.8) is 0 Å². The largest absolute Gasteiger partial charge is 0.481 e. The van der Waals surface area contributed by atoms with Crippen LogP contribution in [0.2, 0.25) is 0 Å². The molecule has 0 saturated heterocycles. The van der Waals surface area contributed by atoms with Crippen LogP contribution in [0.3, 0.4) is 0 Å². The Balaban J connectivity index is 2.10. The standard InChI is InChI=1S/C14H19NO3S/c1-9-3-4-10-11(8-19-12(10)7-9)14(18)15(2)6-5-13(16)17/h8-9H,3-7H2,1-2H3,(H,16,17). The molecule has 0 spiro atoms. The number of carboxylic acids is 1. The van der Waals surface area contributed by atoms with E-state index in [1.54, 1.807) is 18.4 Å². The van der Waals surface area contributed by atoms with E-state index in [4.69, 9.17) is 5.11 Å². The number of fused-ring (bicyclic) bond motifs is 1. The molecule has 1 aromatic heterocycles. The van der Waals surface area contributed by atoms with Crippen molar-refractivity contribution < 1.29 is 14.7 Å². The molecular formula is C14H19NO3S. The molecule has 0 fully saturated rings. The van der Waals surface area contributed by atoms with Crippen molar-refractivity contribution in [2.24, 2.45) is 5.92 Å². The van der Waals surface area contributed by atoms with Crippen molar-refractivity contribution in [2.75, 3.05) is 13.6 Å². The zero-order chi connectivity index (χ0) is 14.0. The highest BCUT2D eigenvalue weighted by Crippen LogP contribution is 2.33. The van der Waals surface area contributed by atoms with E-state index in [1.165, 1.54) is 15.3 Å². The smallest absolute Gasteiger partial charge is 0.305 e. The zero-order valence-electron chi connectivity index (χ0n) is 11.3. The Morgan fingerprint density at radius 3 is 2.95 bits per heavy atom. The summed E-state index contributed by atoms with van der Waals surface area (Å²) in [4.78, 5) is 25.7. The van der Waals surface area contributed by atoms with E-state index >= 15 is 0 Å². The number of thiophene rings is 1. The second-order valence-electron chi connectivity index (χ2n) is 5.27. The van der Waals surface area contributed by atoms with Crippen LogP contribution in [0, 0.1) is 5.92 Å². The normalized spacial score (nSPS) is 17.9. The second-order valence-corrected chi connectivity index (χ2v) is 6.23. The summed E-state index contributed by atoms with van der Waals surface area (Å²) in [6.07, 6.45) is 3.15. The van der Waals surface area contributed by atoms with Crippen LogP contribution in [0.5, 0.6) is 0 Å². The van der Waals surface area contributed by atoms with Crippen molar-refractivity contribution in [1.29, 1.82) is 0 Å². The molecule has 104 valence electrons. The summed E-state index contributed by atoms with van der Waals surface area (Å²) in [5, 5.41) is 10.6. The number of hydrogen-bond acceptors (Lipinski definition) is 3. The number of aliphatic carboxylic acids is 1. The van der Waals surface area contributed by atoms with Gasteiger partial charge in [-0.15, -0.1) is 11.3 Å². The molecule has 1 aliphatic carbocycles. The van der Waals surface area contributed by atoms with Gasteiger partial charge in [-0.2, -0.15) is 0 Å². The lowest BCUT2D eigenvalue weighted by Crippen LogP contribution is -2.29. The molecule has 4 nitrogen and oxygen atoms in total. The van der Waals surface area contributed by atoms with Gasteiger partial charge in [0.2, 0.25) is 0 Å². The van der Waals surface area contributed by atoms with Gasteiger partial charge in [0.25, 0.3) is 5.91 Å². The molecular weight excluding hydrogens is 262 g/mol. The predicted octanol–water partition coefficient (Wildman–Crippen LogP) is 2.42. The van der Waals surface area contributed by atoms with Gasteiger partial charge in [-0.05, 0) is 30.7 Å². The fourth-order valence-electron chi connectivity index (χ4n) is 2.43. The van der Waals surface area contributed by atoms with Gasteiger partial charge >= 0.3 is 5.97 Å². The van der Waals surface area contributed by atoms with Gasteiger partial charge in [0.05, 0.1) is 12.0 Å². The minimum atomic E-state index is -0.874. The second kappa shape index (κ2) is 5.74. The molecule has 0 saturated carbocycles. The lowest BCUT2D eigenvalue weighted by atomic mass is 9.88. The quantitative estimate of drug-likeness (QED) is 0.922. The molecule has 1 heterocycles. The van der Waals surface area contributed by atoms with Gasteiger partial charge in [0.1, 0.15) is 0 Å². The van der Waals surface area contributed by atoms with Crippen LogP contribution < -0.4 is 0 Å². The fourth-order valence-corrected chi connectivity index (χ4v) is 3.67. The van der Waals surface area contributed by atoms with Crippen molar-refractivity contribution in [2.45, 2.75) is 32.6 Å². The van der Waals surface area contributed by atoms with E-state index in [0.717, 1.165) is 24.8 Å². The van der Waals surface area contributed by atoms with Crippen molar-refractivity contribution in [3.8, 4) is 0 Å². The first-order valence-electron chi connectivity index (χ1n) is 6.55. The summed E-state index contributed by atoms with van der Waals surface area (Å²) < 4.78 is 0. The summed E-state index contributed by atoms with van der Waals surface area (Å²) in [5.41, 5.74) is 1.97. The van der Waals surface area contributed by atoms with Crippen molar-refractivity contribution in [1.82, 2.24) is 4.90 Å². The van der Waals surface area contributed by atoms with Crippen LogP contribution in [-0.2, 0) is 17.6 Å². The average Bonchev–Trinajstić information content (AvgIpc) is 2.77. The topological polar surface area (TPSA) is 57.6 Å². The van der Waals surface area contributed by atoms with Gasteiger partial charge < -0.3 is 10.0 Å². The highest BCUT2D eigenvalue weighted by molar-refractivity contribution is 7.10. The number of rotatable bonds is 4. The minimum Gasteiger partial charge on any atom is -0.481 e. The molecule has 1 unspecified atom stereocenters. The molecule has 1 N–H and O–H groups in total. The number of hydrogen-bond donors (Lipinski definition) is 1. The van der Waals surface area contributed by atoms with Crippen LogP contribution >= 0.6 is 11.3 Å². The molecule has 5 heteroatoms. The van der Waals surface area contributed by atoms with Gasteiger partial charge in [-0.1, -0.05) is 6.92 Å². The monoisotopic (exact) mass is 281 g/mol. The summed E-state index contributed by atoms with van der Waals surface area (Å²) in [6.45, 7) is 2.50. The molecule has 0 aliphatic heterocycles. The Labute approximate surface area is 117 Å². The van der Waals surface area contributed by atoms with Crippen LogP contribution in [0.25, 0.3) is 0 Å². The Hall–Kier alpha value is -1.36. The average molecular weight is 281 g/mol. The number of carboxylic acid groups (broad SMARTS) is 1. The van der Waals surface area contributed by atoms with Gasteiger partial charge in [-0.3, -0.25) is 9.59 Å². The molecule has 0 bridgehead atoms. The van der Waals surface area contributed by atoms with Crippen LogP contribution in [0.1, 0.15) is 40.6 Å². The lowest BCUT2D eigenvalue weighted by molar-refractivity contribution is -0.137. The van der Waals surface area contributed by atoms with Gasteiger partial charge in [0, 0.05) is 23.8 Å². The van der Waals surface area contributed by atoms with Crippen molar-refractivity contribution >= 4 is 23.2 Å². The van der Waals surface area contributed by atoms with Crippen LogP contribution in [0.4, 0.5) is 0 Å². The lowest BCUT2D eigenvalue weighted by Gasteiger charge is -2.21. The third kappa shape index (κ3) is 3.15. The first kappa shape index (κ1) is 14.1. The van der Waals surface area contributed by atoms with Crippen molar-refractivity contribution in [3.05, 3.63) is 21.4 Å². The first-order valence-corrected chi connectivity index (χ1v) is 7.43. The number of amides is 1. The van der Waals surface area contributed by atoms with E-state index < -0.39 is 5.97 Å². The number of nitrogens with zero attached hydrogens (tertiary/aromatic N) is 1. The highest BCUT2D eigenvalue weighted by atomic mass is 32.1. The summed E-state index contributed by atoms with van der Waals surface area (Å²) >= 11 is 1.66. The third-order valence-electron chi connectivity index (χ3n) is 3.64. The van der Waals surface area contributed by atoms with E-state index in [1.807, 2.05) is 5.38 Å². The first-order chi connectivity index (χ1) is 8.99. The molecule has 1 atom stereocenters. The molecule has 1 aliphatic rings. The maximum absolute atomic E-state index is 12.3. The van der Waals surface area contributed by atoms with E-state index in [-0.39, 0.29) is 18.9 Å². The minimum absolute atomic E-state index is 0.00833. The van der Waals surface area contributed by atoms with E-state index in [2.05, 4.69) is 6.92 Å². The molecule has 2 rings (SSSR count). The molecule has 1 amide bonds. The fraction of sp³-hybridized carbons (Fsp3) is 0.571. The highest BCUT2D eigenvalue weighted by Gasteiger charge is 2.24. The van der Waals surface area contributed by atoms with Gasteiger partial charge in [-0.25, -0.2) is 0 Å². The Morgan fingerprint density at radius 2 is 2.26 bits per heavy atom. The van der Waals surface area contributed by atoms with Crippen LogP contribution in [0.15, 0.2) is 5.38 Å².